The second kappa shape index (κ2) is 4.84. The molecule has 0 aromatic carbocycles. The fraction of sp³-hybridized carbons (Fsp3) is 0.667. The van der Waals surface area contributed by atoms with Crippen LogP contribution in [0.4, 0.5) is 0 Å². The molecule has 1 aromatic heterocycles. The Hall–Kier alpha value is -0.490. The number of hydrogen-bond donors (Lipinski definition) is 0. The Kier molecular flexibility index (Phi) is 4.00. The maximum atomic E-state index is 5.17. The van der Waals surface area contributed by atoms with E-state index in [2.05, 4.69) is 4.98 Å². The SMILES string of the molecule is COC(Cc1nc(C)cs1)(OC)OC. The second-order valence-electron chi connectivity index (χ2n) is 2.85. The summed E-state index contributed by atoms with van der Waals surface area (Å²) in [6.45, 7) is 1.95. The highest BCUT2D eigenvalue weighted by Gasteiger charge is 2.31. The van der Waals surface area contributed by atoms with Gasteiger partial charge in [-0.3, -0.25) is 0 Å². The van der Waals surface area contributed by atoms with Crippen LogP contribution in [-0.2, 0) is 20.6 Å². The molecule has 0 amide bonds. The van der Waals surface area contributed by atoms with Crippen molar-refractivity contribution in [1.29, 1.82) is 0 Å². The van der Waals surface area contributed by atoms with Gasteiger partial charge in [-0.15, -0.1) is 11.3 Å². The van der Waals surface area contributed by atoms with Crippen molar-refractivity contribution < 1.29 is 14.2 Å². The van der Waals surface area contributed by atoms with Crippen LogP contribution in [0.2, 0.25) is 0 Å². The van der Waals surface area contributed by atoms with Crippen LogP contribution < -0.4 is 0 Å². The third kappa shape index (κ3) is 2.51. The van der Waals surface area contributed by atoms with E-state index in [0.29, 0.717) is 6.42 Å². The van der Waals surface area contributed by atoms with E-state index in [-0.39, 0.29) is 0 Å². The zero-order valence-corrected chi connectivity index (χ0v) is 9.68. The van der Waals surface area contributed by atoms with Gasteiger partial charge in [0.05, 0.1) is 6.42 Å². The highest BCUT2D eigenvalue weighted by molar-refractivity contribution is 7.09. The fourth-order valence-electron chi connectivity index (χ4n) is 1.14. The molecule has 0 N–H and O–H groups in total. The van der Waals surface area contributed by atoms with Crippen molar-refractivity contribution in [2.24, 2.45) is 0 Å². The molecule has 0 radical (unpaired) electrons. The minimum atomic E-state index is -1.01. The number of methoxy groups -OCH3 is 3. The molecule has 0 saturated heterocycles. The van der Waals surface area contributed by atoms with Gasteiger partial charge in [0.1, 0.15) is 5.01 Å². The molecule has 0 spiro atoms. The van der Waals surface area contributed by atoms with Gasteiger partial charge in [0, 0.05) is 32.4 Å². The van der Waals surface area contributed by atoms with Gasteiger partial charge in [-0.2, -0.15) is 0 Å². The summed E-state index contributed by atoms with van der Waals surface area (Å²) < 4.78 is 15.5. The van der Waals surface area contributed by atoms with E-state index in [1.807, 2.05) is 12.3 Å². The lowest BCUT2D eigenvalue weighted by molar-refractivity contribution is -0.350. The third-order valence-corrected chi connectivity index (χ3v) is 2.93. The topological polar surface area (TPSA) is 40.6 Å². The number of aryl methyl sites for hydroxylation is 1. The Morgan fingerprint density at radius 1 is 1.29 bits per heavy atom. The van der Waals surface area contributed by atoms with Gasteiger partial charge in [-0.1, -0.05) is 0 Å². The smallest absolute Gasteiger partial charge is 0.288 e. The number of ether oxygens (including phenoxy) is 3. The lowest BCUT2D eigenvalue weighted by Gasteiger charge is -2.27. The van der Waals surface area contributed by atoms with Crippen LogP contribution in [0.1, 0.15) is 10.7 Å². The predicted molar refractivity (Wildman–Crippen MR) is 54.3 cm³/mol. The van der Waals surface area contributed by atoms with Gasteiger partial charge in [0.25, 0.3) is 5.97 Å². The monoisotopic (exact) mass is 217 g/mol. The first-order valence-corrected chi connectivity index (χ1v) is 5.10. The highest BCUT2D eigenvalue weighted by Crippen LogP contribution is 2.21. The quantitative estimate of drug-likeness (QED) is 0.702. The maximum absolute atomic E-state index is 5.17. The van der Waals surface area contributed by atoms with Crippen LogP contribution >= 0.6 is 11.3 Å². The van der Waals surface area contributed by atoms with Crippen LogP contribution in [0.25, 0.3) is 0 Å². The first-order valence-electron chi connectivity index (χ1n) is 4.22. The van der Waals surface area contributed by atoms with Crippen LogP contribution in [0.15, 0.2) is 5.38 Å². The minimum absolute atomic E-state index is 0.495. The van der Waals surface area contributed by atoms with Crippen molar-refractivity contribution >= 4 is 11.3 Å². The Balaban J connectivity index is 2.73. The van der Waals surface area contributed by atoms with E-state index < -0.39 is 5.97 Å². The van der Waals surface area contributed by atoms with Gasteiger partial charge in [-0.25, -0.2) is 4.98 Å². The minimum Gasteiger partial charge on any atom is -0.331 e. The van der Waals surface area contributed by atoms with E-state index in [0.717, 1.165) is 10.7 Å². The molecule has 0 fully saturated rings. The zero-order valence-electron chi connectivity index (χ0n) is 8.86. The van der Waals surface area contributed by atoms with E-state index in [1.54, 1.807) is 32.7 Å². The summed E-state index contributed by atoms with van der Waals surface area (Å²) in [5.41, 5.74) is 1.00. The summed E-state index contributed by atoms with van der Waals surface area (Å²) in [6.07, 6.45) is 0.495. The summed E-state index contributed by atoms with van der Waals surface area (Å²) >= 11 is 1.57. The number of rotatable bonds is 5. The molecule has 0 saturated carbocycles. The Bertz CT molecular complexity index is 275. The van der Waals surface area contributed by atoms with Crippen molar-refractivity contribution in [2.75, 3.05) is 21.3 Å². The van der Waals surface area contributed by atoms with Crippen LogP contribution in [0, 0.1) is 6.92 Å². The van der Waals surface area contributed by atoms with E-state index in [4.69, 9.17) is 14.2 Å². The van der Waals surface area contributed by atoms with Crippen molar-refractivity contribution in [3.63, 3.8) is 0 Å². The molecule has 1 aromatic rings. The lowest BCUT2D eigenvalue weighted by Crippen LogP contribution is -2.38. The standard InChI is InChI=1S/C9H15NO3S/c1-7-6-14-8(10-7)5-9(11-2,12-3)13-4/h6H,5H2,1-4H3. The van der Waals surface area contributed by atoms with Crippen LogP contribution in [0.5, 0.6) is 0 Å². The fourth-order valence-corrected chi connectivity index (χ4v) is 1.95. The highest BCUT2D eigenvalue weighted by atomic mass is 32.1. The van der Waals surface area contributed by atoms with E-state index in [1.165, 1.54) is 0 Å². The Morgan fingerprint density at radius 2 is 1.86 bits per heavy atom. The second-order valence-corrected chi connectivity index (χ2v) is 3.80. The van der Waals surface area contributed by atoms with Gasteiger partial charge in [0.2, 0.25) is 0 Å². The van der Waals surface area contributed by atoms with Crippen LogP contribution in [0.3, 0.4) is 0 Å². The molecule has 14 heavy (non-hydrogen) atoms. The van der Waals surface area contributed by atoms with Gasteiger partial charge < -0.3 is 14.2 Å². The molecule has 5 heteroatoms. The van der Waals surface area contributed by atoms with Crippen LogP contribution in [-0.4, -0.2) is 32.3 Å². The molecule has 0 unspecified atom stereocenters. The first kappa shape index (κ1) is 11.6. The van der Waals surface area contributed by atoms with Crippen molar-refractivity contribution in [2.45, 2.75) is 19.3 Å². The van der Waals surface area contributed by atoms with Gasteiger partial charge >= 0.3 is 0 Å². The van der Waals surface area contributed by atoms with Crippen molar-refractivity contribution in [3.8, 4) is 0 Å². The molecule has 0 aliphatic rings. The summed E-state index contributed by atoms with van der Waals surface area (Å²) in [7, 11) is 4.65. The lowest BCUT2D eigenvalue weighted by atomic mass is 10.4. The molecule has 4 nitrogen and oxygen atoms in total. The number of hydrogen-bond acceptors (Lipinski definition) is 5. The molecule has 0 aliphatic carbocycles. The average molecular weight is 217 g/mol. The summed E-state index contributed by atoms with van der Waals surface area (Å²) in [5, 5.41) is 2.93. The number of thiazole rings is 1. The molecule has 0 atom stereocenters. The summed E-state index contributed by atoms with van der Waals surface area (Å²) in [5.74, 6) is -1.01. The molecule has 0 bridgehead atoms. The third-order valence-electron chi connectivity index (χ3n) is 1.97. The normalized spacial score (nSPS) is 12.0. The van der Waals surface area contributed by atoms with E-state index in [9.17, 15) is 0 Å². The first-order chi connectivity index (χ1) is 6.65. The zero-order chi connectivity index (χ0) is 10.6. The molecular weight excluding hydrogens is 202 g/mol. The van der Waals surface area contributed by atoms with Gasteiger partial charge in [0.15, 0.2) is 0 Å². The average Bonchev–Trinajstić information content (AvgIpc) is 2.61. The maximum Gasteiger partial charge on any atom is 0.288 e. The number of aromatic nitrogens is 1. The molecular formula is C9H15NO3S. The van der Waals surface area contributed by atoms with Crippen molar-refractivity contribution in [1.82, 2.24) is 4.98 Å². The largest absolute Gasteiger partial charge is 0.331 e. The Labute approximate surface area is 87.8 Å². The number of nitrogens with zero attached hydrogens (tertiary/aromatic N) is 1. The summed E-state index contributed by atoms with van der Waals surface area (Å²) in [4.78, 5) is 4.32. The molecule has 0 aliphatic heterocycles. The van der Waals surface area contributed by atoms with Crippen molar-refractivity contribution in [3.05, 3.63) is 16.1 Å². The van der Waals surface area contributed by atoms with E-state index >= 15 is 0 Å². The Morgan fingerprint density at radius 3 is 2.21 bits per heavy atom. The van der Waals surface area contributed by atoms with Gasteiger partial charge in [-0.05, 0) is 6.92 Å². The molecule has 1 rings (SSSR count). The molecule has 80 valence electrons. The summed E-state index contributed by atoms with van der Waals surface area (Å²) in [6, 6.07) is 0. The predicted octanol–water partition coefficient (Wildman–Crippen LogP) is 1.59. The molecule has 1 heterocycles.